The molecule has 1 fully saturated rings. The number of Topliss-reactive ketones (excluding diaryl/α,β-unsaturated/α-hetero) is 1. The van der Waals surface area contributed by atoms with Crippen molar-refractivity contribution < 1.29 is 24.2 Å². The molecule has 44 heavy (non-hydrogen) atoms. The van der Waals surface area contributed by atoms with E-state index in [9.17, 15) is 19.5 Å². The highest BCUT2D eigenvalue weighted by atomic mass is 16.5. The molecule has 8 bridgehead atoms. The first-order valence-corrected chi connectivity index (χ1v) is 14.8. The summed E-state index contributed by atoms with van der Waals surface area (Å²) in [5.74, 6) is -3.82. The molecule has 224 valence electrons. The van der Waals surface area contributed by atoms with Crippen LogP contribution >= 0.6 is 0 Å². The van der Waals surface area contributed by atoms with Crippen LogP contribution < -0.4 is 0 Å². The standard InChI is InChI=1S/C35H34N4O5/c1-8-19-15(3)22-12-24-17(5)21(10-11-28(40)41)32(38-24)30-31(35(43)44-7)34(42)29-18(6)25(39-33(29)30)14-27-20(9-2)16(4)23(37-27)13-26(19)36-22/h8,12-14,17,21,31H,1,9-11H2,2-7H3,(H,40,41)/t17-,21-,31-/m0/s1. The molecule has 0 spiro atoms. The van der Waals surface area contributed by atoms with Crippen LogP contribution in [-0.2, 0) is 19.1 Å². The number of esters is 1. The molecule has 5 heterocycles. The number of methoxy groups -OCH3 is 1. The molecule has 0 aromatic carbocycles. The molecule has 1 N–H and O–H groups in total. The van der Waals surface area contributed by atoms with E-state index < -0.39 is 17.9 Å². The molecule has 0 amide bonds. The number of rotatable bonds is 6. The number of carboxylic acid groups (broad SMARTS) is 1. The van der Waals surface area contributed by atoms with Crippen molar-refractivity contribution in [3.63, 3.8) is 0 Å². The molecule has 5 aliphatic heterocycles. The summed E-state index contributed by atoms with van der Waals surface area (Å²) in [6.45, 7) is 14.0. The zero-order chi connectivity index (χ0) is 31.6. The lowest BCUT2D eigenvalue weighted by molar-refractivity contribution is -0.146. The first kappa shape index (κ1) is 29.3. The number of aliphatic imine (C=N–C) groups is 4. The van der Waals surface area contributed by atoms with Crippen LogP contribution in [0.25, 0.3) is 0 Å². The topological polar surface area (TPSA) is 130 Å². The fourth-order valence-electron chi connectivity index (χ4n) is 6.93. The predicted molar refractivity (Wildman–Crippen MR) is 170 cm³/mol. The van der Waals surface area contributed by atoms with Gasteiger partial charge in [-0.25, -0.2) is 15.0 Å². The van der Waals surface area contributed by atoms with Crippen LogP contribution in [0.4, 0.5) is 0 Å². The average molecular weight is 591 g/mol. The Hall–Kier alpha value is -4.79. The monoisotopic (exact) mass is 590 g/mol. The van der Waals surface area contributed by atoms with Gasteiger partial charge in [-0.15, -0.1) is 0 Å². The number of carboxylic acids is 1. The van der Waals surface area contributed by atoms with Crippen LogP contribution in [-0.4, -0.2) is 52.8 Å². The van der Waals surface area contributed by atoms with Gasteiger partial charge in [0.1, 0.15) is 5.92 Å². The van der Waals surface area contributed by atoms with Crippen LogP contribution in [0.15, 0.2) is 113 Å². The van der Waals surface area contributed by atoms with Crippen molar-refractivity contribution in [2.24, 2.45) is 37.7 Å². The Bertz CT molecular complexity index is 1850. The molecule has 1 saturated carbocycles. The van der Waals surface area contributed by atoms with Crippen LogP contribution in [0.2, 0.25) is 0 Å². The number of aliphatic carboxylic acids is 1. The lowest BCUT2D eigenvalue weighted by Gasteiger charge is -2.19. The zero-order valence-electron chi connectivity index (χ0n) is 25.7. The van der Waals surface area contributed by atoms with Crippen molar-refractivity contribution in [2.75, 3.05) is 7.11 Å². The summed E-state index contributed by atoms with van der Waals surface area (Å²) in [6, 6.07) is 0. The van der Waals surface area contributed by atoms with Crippen LogP contribution in [0.5, 0.6) is 0 Å². The first-order valence-electron chi connectivity index (χ1n) is 14.8. The molecule has 0 unspecified atom stereocenters. The van der Waals surface area contributed by atoms with Gasteiger partial charge in [0.05, 0.1) is 47.0 Å². The minimum atomic E-state index is -1.23. The number of ketones is 1. The van der Waals surface area contributed by atoms with Gasteiger partial charge in [-0.1, -0.05) is 26.5 Å². The molecule has 3 atom stereocenters. The maximum atomic E-state index is 14.0. The van der Waals surface area contributed by atoms with Crippen molar-refractivity contribution in [1.82, 2.24) is 0 Å². The highest BCUT2D eigenvalue weighted by Crippen LogP contribution is 2.47. The highest BCUT2D eigenvalue weighted by molar-refractivity contribution is 6.42. The number of nitrogens with zero attached hydrogens (tertiary/aromatic N) is 4. The zero-order valence-corrected chi connectivity index (χ0v) is 25.7. The second kappa shape index (κ2) is 10.7. The van der Waals surface area contributed by atoms with E-state index in [1.165, 1.54) is 7.11 Å². The highest BCUT2D eigenvalue weighted by Gasteiger charge is 2.51. The Labute approximate surface area is 256 Å². The van der Waals surface area contributed by atoms with E-state index in [2.05, 4.69) is 13.5 Å². The molecule has 0 aromatic rings. The summed E-state index contributed by atoms with van der Waals surface area (Å²) in [5, 5.41) is 9.59. The van der Waals surface area contributed by atoms with Gasteiger partial charge >= 0.3 is 11.9 Å². The maximum Gasteiger partial charge on any atom is 0.321 e. The number of carbonyl (C=O) groups is 3. The smallest absolute Gasteiger partial charge is 0.321 e. The Morgan fingerprint density at radius 1 is 0.977 bits per heavy atom. The van der Waals surface area contributed by atoms with Gasteiger partial charge in [0, 0.05) is 40.7 Å². The molecule has 6 rings (SSSR count). The molecule has 0 saturated heterocycles. The Kier molecular flexibility index (Phi) is 7.14. The fraction of sp³-hybridized carbons (Fsp3) is 0.343. The van der Waals surface area contributed by atoms with E-state index in [-0.39, 0.29) is 30.5 Å². The van der Waals surface area contributed by atoms with Crippen molar-refractivity contribution in [3.8, 4) is 0 Å². The number of hydrogen-bond donors (Lipinski definition) is 1. The lowest BCUT2D eigenvalue weighted by Crippen LogP contribution is -2.25. The van der Waals surface area contributed by atoms with E-state index in [0.717, 1.165) is 51.5 Å². The minimum Gasteiger partial charge on any atom is -0.481 e. The van der Waals surface area contributed by atoms with Crippen molar-refractivity contribution in [2.45, 2.75) is 53.9 Å². The van der Waals surface area contributed by atoms with E-state index in [1.54, 1.807) is 6.08 Å². The molecule has 0 aromatic heterocycles. The summed E-state index contributed by atoms with van der Waals surface area (Å²) >= 11 is 0. The molecular weight excluding hydrogens is 556 g/mol. The van der Waals surface area contributed by atoms with Crippen LogP contribution in [0.1, 0.15) is 53.9 Å². The quantitative estimate of drug-likeness (QED) is 0.311. The second-order valence-electron chi connectivity index (χ2n) is 11.7. The van der Waals surface area contributed by atoms with E-state index in [0.29, 0.717) is 39.5 Å². The number of ether oxygens (including phenoxy) is 1. The molecular formula is C35H34N4O5. The SMILES string of the molecule is C=CC1=C(C)C2=CC3=NC(=C4C5=NC(=CC6=NC(=CC1=N2)C(C)=C6CC)C(C)=C5C(=O)[C@H]4C(=O)OC)[C@@H](CCC(=O)O)[C@@H]3C. The van der Waals surface area contributed by atoms with Crippen molar-refractivity contribution >= 4 is 40.6 Å². The van der Waals surface area contributed by atoms with Gasteiger partial charge in [-0.05, 0) is 74.1 Å². The van der Waals surface area contributed by atoms with Crippen molar-refractivity contribution in [1.29, 1.82) is 0 Å². The van der Waals surface area contributed by atoms with E-state index in [1.807, 2.05) is 45.9 Å². The summed E-state index contributed by atoms with van der Waals surface area (Å²) in [4.78, 5) is 58.8. The van der Waals surface area contributed by atoms with Gasteiger partial charge < -0.3 is 9.84 Å². The number of fused-ring (bicyclic) bond motifs is 4. The largest absolute Gasteiger partial charge is 0.481 e. The third-order valence-electron chi connectivity index (χ3n) is 9.41. The number of carbonyl (C=O) groups excluding carboxylic acids is 2. The minimum absolute atomic E-state index is 0.0952. The van der Waals surface area contributed by atoms with E-state index >= 15 is 0 Å². The Morgan fingerprint density at radius 2 is 1.64 bits per heavy atom. The third kappa shape index (κ3) is 4.32. The van der Waals surface area contributed by atoms with Gasteiger partial charge in [0.2, 0.25) is 0 Å². The summed E-state index contributed by atoms with van der Waals surface area (Å²) in [6.07, 6.45) is 8.51. The fourth-order valence-corrected chi connectivity index (χ4v) is 6.93. The van der Waals surface area contributed by atoms with Gasteiger partial charge in [0.15, 0.2) is 5.78 Å². The predicted octanol–water partition coefficient (Wildman–Crippen LogP) is 5.76. The summed E-state index contributed by atoms with van der Waals surface area (Å²) in [7, 11) is 1.25. The first-order chi connectivity index (χ1) is 21.0. The number of hydrogen-bond acceptors (Lipinski definition) is 8. The third-order valence-corrected chi connectivity index (χ3v) is 9.41. The molecule has 0 radical (unpaired) electrons. The van der Waals surface area contributed by atoms with Crippen LogP contribution in [0.3, 0.4) is 0 Å². The maximum absolute atomic E-state index is 14.0. The Morgan fingerprint density at radius 3 is 2.30 bits per heavy atom. The van der Waals surface area contributed by atoms with Gasteiger partial charge in [-0.3, -0.25) is 19.4 Å². The lowest BCUT2D eigenvalue weighted by atomic mass is 9.83. The van der Waals surface area contributed by atoms with Crippen LogP contribution in [0, 0.1) is 17.8 Å². The average Bonchev–Trinajstić information content (AvgIpc) is 3.72. The molecule has 1 aliphatic carbocycles. The van der Waals surface area contributed by atoms with E-state index in [4.69, 9.17) is 24.7 Å². The van der Waals surface area contributed by atoms with Crippen molar-refractivity contribution in [3.05, 3.63) is 92.7 Å². The number of allylic oxidation sites excluding steroid dienone is 11. The molecule has 6 aliphatic rings. The normalized spacial score (nSPS) is 25.6. The van der Waals surface area contributed by atoms with Gasteiger partial charge in [-0.2, -0.15) is 0 Å². The summed E-state index contributed by atoms with van der Waals surface area (Å²) in [5.41, 5.74) is 10.6. The summed E-state index contributed by atoms with van der Waals surface area (Å²) < 4.78 is 5.11. The molecule has 9 nitrogen and oxygen atoms in total. The molecule has 9 heteroatoms. The Balaban J connectivity index is 1.69. The van der Waals surface area contributed by atoms with Gasteiger partial charge in [0.25, 0.3) is 0 Å². The second-order valence-corrected chi connectivity index (χ2v) is 11.7.